The van der Waals surface area contributed by atoms with E-state index in [2.05, 4.69) is 25.6 Å². The minimum atomic E-state index is -0.419. The number of halogens is 1. The first-order chi connectivity index (χ1) is 14.0. The van der Waals surface area contributed by atoms with E-state index in [4.69, 9.17) is 23.2 Å². The molecule has 150 valence electrons. The van der Waals surface area contributed by atoms with Crippen molar-refractivity contribution >= 4 is 56.5 Å². The minimum Gasteiger partial charge on any atom is -0.403 e. The Labute approximate surface area is 175 Å². The van der Waals surface area contributed by atoms with E-state index in [1.165, 1.54) is 23.6 Å². The molecule has 0 unspecified atom stereocenters. The third-order valence-corrected chi connectivity index (χ3v) is 5.53. The second-order valence-electron chi connectivity index (χ2n) is 6.60. The van der Waals surface area contributed by atoms with Crippen LogP contribution < -0.4 is 27.2 Å². The van der Waals surface area contributed by atoms with Gasteiger partial charge >= 0.3 is 6.03 Å². The normalized spacial score (nSPS) is 13.8. The van der Waals surface area contributed by atoms with Crippen LogP contribution in [0.2, 0.25) is 5.02 Å². The van der Waals surface area contributed by atoms with Crippen LogP contribution in [0, 0.1) is 6.92 Å². The number of nitrogens with zero attached hydrogens (tertiary/aromatic N) is 4. The number of carbonyl (C=O) groups excluding carboxylic acids is 1. The molecule has 0 atom stereocenters. The number of carbonyl (C=O) groups is 1. The number of anilines is 3. The maximum atomic E-state index is 12.5. The number of rotatable bonds is 5. The van der Waals surface area contributed by atoms with Crippen molar-refractivity contribution in [2.75, 3.05) is 15.6 Å². The standard InChI is InChI=1S/C18H19ClN8OS/c1-9-24-15-14(10-2-3-10)13(8-23-17(15)29-9)26-18(28)25-11-6-12(19)16(22-7-11)27(21)5-4-20/h4-8,10H,2-3,20-21H2,1H3,(H2,25,26,28)/b5-4-. The van der Waals surface area contributed by atoms with Crippen LogP contribution in [-0.4, -0.2) is 21.0 Å². The fourth-order valence-corrected chi connectivity index (χ4v) is 4.06. The lowest BCUT2D eigenvalue weighted by Crippen LogP contribution is -2.26. The molecule has 1 aliphatic carbocycles. The van der Waals surface area contributed by atoms with Gasteiger partial charge in [-0.25, -0.2) is 25.6 Å². The molecule has 1 aliphatic rings. The van der Waals surface area contributed by atoms with Crippen LogP contribution in [-0.2, 0) is 0 Å². The van der Waals surface area contributed by atoms with Crippen molar-refractivity contribution in [2.24, 2.45) is 11.6 Å². The third kappa shape index (κ3) is 4.09. The molecule has 0 aliphatic heterocycles. The Kier molecular flexibility index (Phi) is 5.22. The fraction of sp³-hybridized carbons (Fsp3) is 0.222. The highest BCUT2D eigenvalue weighted by Crippen LogP contribution is 2.46. The molecule has 1 fully saturated rings. The van der Waals surface area contributed by atoms with Gasteiger partial charge in [0, 0.05) is 18.0 Å². The molecule has 3 aromatic heterocycles. The van der Waals surface area contributed by atoms with Gasteiger partial charge in [-0.15, -0.1) is 0 Å². The van der Waals surface area contributed by atoms with Crippen molar-refractivity contribution in [3.05, 3.63) is 46.5 Å². The molecule has 29 heavy (non-hydrogen) atoms. The van der Waals surface area contributed by atoms with Crippen LogP contribution in [0.4, 0.5) is 22.0 Å². The van der Waals surface area contributed by atoms with Crippen molar-refractivity contribution in [2.45, 2.75) is 25.7 Å². The van der Waals surface area contributed by atoms with Crippen molar-refractivity contribution < 1.29 is 4.79 Å². The van der Waals surface area contributed by atoms with Crippen LogP contribution in [0.15, 0.2) is 30.9 Å². The number of aromatic nitrogens is 3. The van der Waals surface area contributed by atoms with Crippen molar-refractivity contribution in [1.82, 2.24) is 15.0 Å². The first-order valence-electron chi connectivity index (χ1n) is 8.88. The Morgan fingerprint density at radius 2 is 2.14 bits per heavy atom. The van der Waals surface area contributed by atoms with Gasteiger partial charge in [-0.1, -0.05) is 22.9 Å². The number of nitrogens with one attached hydrogen (secondary N) is 2. The number of thiazole rings is 1. The predicted molar refractivity (Wildman–Crippen MR) is 116 cm³/mol. The van der Waals surface area contributed by atoms with Gasteiger partial charge < -0.3 is 16.4 Å². The van der Waals surface area contributed by atoms with Crippen LogP contribution >= 0.6 is 22.9 Å². The molecular formula is C18H19ClN8OS. The first-order valence-corrected chi connectivity index (χ1v) is 10.1. The molecule has 1 saturated carbocycles. The van der Waals surface area contributed by atoms with Gasteiger partial charge in [0.2, 0.25) is 0 Å². The van der Waals surface area contributed by atoms with Gasteiger partial charge in [0.05, 0.1) is 33.8 Å². The predicted octanol–water partition coefficient (Wildman–Crippen LogP) is 3.68. The highest BCUT2D eigenvalue weighted by atomic mass is 35.5. The van der Waals surface area contributed by atoms with Crippen molar-refractivity contribution in [3.8, 4) is 0 Å². The molecule has 0 saturated heterocycles. The summed E-state index contributed by atoms with van der Waals surface area (Å²) in [4.78, 5) is 26.6. The summed E-state index contributed by atoms with van der Waals surface area (Å²) < 4.78 is 0. The van der Waals surface area contributed by atoms with Gasteiger partial charge in [-0.05, 0) is 31.7 Å². The second-order valence-corrected chi connectivity index (χ2v) is 8.19. The van der Waals surface area contributed by atoms with Crippen molar-refractivity contribution in [3.63, 3.8) is 0 Å². The monoisotopic (exact) mass is 430 g/mol. The minimum absolute atomic E-state index is 0.267. The zero-order valence-corrected chi connectivity index (χ0v) is 17.1. The molecule has 4 rings (SSSR count). The number of hydrogen-bond donors (Lipinski definition) is 4. The van der Waals surface area contributed by atoms with E-state index in [1.807, 2.05) is 6.92 Å². The third-order valence-electron chi connectivity index (χ3n) is 4.38. The molecule has 0 bridgehead atoms. The molecule has 11 heteroatoms. The topological polar surface area (TPSA) is 135 Å². The second kappa shape index (κ2) is 7.82. The zero-order chi connectivity index (χ0) is 20.5. The number of nitrogens with two attached hydrogens (primary N) is 2. The number of amides is 2. The maximum Gasteiger partial charge on any atom is 0.323 e. The average Bonchev–Trinajstić information content (AvgIpc) is 3.42. The molecule has 3 aromatic rings. The molecule has 3 heterocycles. The molecule has 9 nitrogen and oxygen atoms in total. The van der Waals surface area contributed by atoms with E-state index < -0.39 is 6.03 Å². The van der Waals surface area contributed by atoms with E-state index in [1.54, 1.807) is 23.6 Å². The largest absolute Gasteiger partial charge is 0.403 e. The van der Waals surface area contributed by atoms with Gasteiger partial charge in [0.15, 0.2) is 5.82 Å². The lowest BCUT2D eigenvalue weighted by atomic mass is 10.1. The lowest BCUT2D eigenvalue weighted by Gasteiger charge is -2.15. The first kappa shape index (κ1) is 19.4. The Bertz CT molecular complexity index is 1110. The van der Waals surface area contributed by atoms with Gasteiger partial charge in [-0.3, -0.25) is 5.01 Å². The summed E-state index contributed by atoms with van der Waals surface area (Å²) in [5.41, 5.74) is 8.33. The zero-order valence-electron chi connectivity index (χ0n) is 15.5. The Hall–Kier alpha value is -2.95. The number of hydrogen-bond acceptors (Lipinski definition) is 8. The van der Waals surface area contributed by atoms with Gasteiger partial charge in [0.1, 0.15) is 10.3 Å². The molecular weight excluding hydrogens is 412 g/mol. The van der Waals surface area contributed by atoms with E-state index in [9.17, 15) is 4.79 Å². The van der Waals surface area contributed by atoms with E-state index in [0.717, 1.165) is 33.8 Å². The maximum absolute atomic E-state index is 12.5. The number of fused-ring (bicyclic) bond motifs is 1. The highest BCUT2D eigenvalue weighted by Gasteiger charge is 2.30. The SMILES string of the molecule is Cc1nc2c(C3CC3)c(NC(=O)Nc3cnc(N(N)/C=C\N)c(Cl)c3)cnc2s1. The van der Waals surface area contributed by atoms with E-state index in [-0.39, 0.29) is 5.02 Å². The van der Waals surface area contributed by atoms with Crippen LogP contribution in [0.3, 0.4) is 0 Å². The van der Waals surface area contributed by atoms with E-state index in [0.29, 0.717) is 23.1 Å². The summed E-state index contributed by atoms with van der Waals surface area (Å²) in [6.07, 6.45) is 7.99. The Morgan fingerprint density at radius 3 is 2.83 bits per heavy atom. The smallest absolute Gasteiger partial charge is 0.323 e. The van der Waals surface area contributed by atoms with E-state index >= 15 is 0 Å². The molecule has 0 aromatic carbocycles. The Morgan fingerprint density at radius 1 is 1.34 bits per heavy atom. The molecule has 0 spiro atoms. The number of hydrazine groups is 1. The molecule has 2 amide bonds. The number of urea groups is 1. The van der Waals surface area contributed by atoms with Gasteiger partial charge in [0.25, 0.3) is 0 Å². The summed E-state index contributed by atoms with van der Waals surface area (Å²) in [6, 6.07) is 1.14. The average molecular weight is 431 g/mol. The summed E-state index contributed by atoms with van der Waals surface area (Å²) in [7, 11) is 0. The number of pyridine rings is 2. The molecule has 0 radical (unpaired) electrons. The highest BCUT2D eigenvalue weighted by molar-refractivity contribution is 7.18. The van der Waals surface area contributed by atoms with Crippen LogP contribution in [0.5, 0.6) is 0 Å². The number of aryl methyl sites for hydroxylation is 1. The summed E-state index contributed by atoms with van der Waals surface area (Å²) in [5.74, 6) is 6.48. The fourth-order valence-electron chi connectivity index (χ4n) is 3.02. The summed E-state index contributed by atoms with van der Waals surface area (Å²) in [6.45, 7) is 1.95. The van der Waals surface area contributed by atoms with Crippen LogP contribution in [0.1, 0.15) is 29.3 Å². The quantitative estimate of drug-likeness (QED) is 0.358. The summed E-state index contributed by atoms with van der Waals surface area (Å²) >= 11 is 7.75. The lowest BCUT2D eigenvalue weighted by molar-refractivity contribution is 0.262. The Balaban J connectivity index is 1.53. The van der Waals surface area contributed by atoms with Gasteiger partial charge in [-0.2, -0.15) is 0 Å². The summed E-state index contributed by atoms with van der Waals surface area (Å²) in [5, 5.41) is 8.01. The van der Waals surface area contributed by atoms with Crippen LogP contribution in [0.25, 0.3) is 10.3 Å². The van der Waals surface area contributed by atoms with Crippen molar-refractivity contribution in [1.29, 1.82) is 0 Å². The molecule has 6 N–H and O–H groups in total.